The molecule has 2 heteroatoms. The quantitative estimate of drug-likeness (QED) is 0.837. The van der Waals surface area contributed by atoms with Crippen molar-refractivity contribution in [1.82, 2.24) is 0 Å². The molecule has 1 nitrogen and oxygen atoms in total. The molecular weight excluding hydrogens is 206 g/mol. The van der Waals surface area contributed by atoms with Gasteiger partial charge in [0.25, 0.3) is 0 Å². The van der Waals surface area contributed by atoms with Crippen molar-refractivity contribution in [3.8, 4) is 0 Å². The second-order valence-corrected chi connectivity index (χ2v) is 3.99. The lowest BCUT2D eigenvalue weighted by molar-refractivity contribution is 0.870. The zero-order valence-corrected chi connectivity index (χ0v) is 9.84. The molecule has 0 bridgehead atoms. The second kappa shape index (κ2) is 5.34. The molecule has 15 heavy (non-hydrogen) atoms. The lowest BCUT2D eigenvalue weighted by atomic mass is 10.0. The van der Waals surface area contributed by atoms with Crippen molar-refractivity contribution in [2.45, 2.75) is 25.8 Å². The van der Waals surface area contributed by atoms with Crippen LogP contribution in [0.1, 0.15) is 25.3 Å². The minimum absolute atomic E-state index is 0. The highest BCUT2D eigenvalue weighted by atomic mass is 35.5. The van der Waals surface area contributed by atoms with E-state index in [4.69, 9.17) is 5.73 Å². The van der Waals surface area contributed by atoms with Crippen molar-refractivity contribution in [3.63, 3.8) is 0 Å². The maximum absolute atomic E-state index is 5.86. The Kier molecular flexibility index (Phi) is 4.37. The zero-order valence-electron chi connectivity index (χ0n) is 9.02. The number of hydrogen-bond donors (Lipinski definition) is 1. The summed E-state index contributed by atoms with van der Waals surface area (Å²) < 4.78 is 0. The number of benzene rings is 1. The van der Waals surface area contributed by atoms with Gasteiger partial charge in [-0.25, -0.2) is 0 Å². The predicted octanol–water partition coefficient (Wildman–Crippen LogP) is 3.25. The summed E-state index contributed by atoms with van der Waals surface area (Å²) in [5.74, 6) is 0.653. The average Bonchev–Trinajstić information content (AvgIpc) is 2.93. The first-order valence-electron chi connectivity index (χ1n) is 5.32. The number of hydrogen-bond acceptors (Lipinski definition) is 1. The van der Waals surface area contributed by atoms with Gasteiger partial charge in [-0.05, 0) is 24.3 Å². The van der Waals surface area contributed by atoms with Crippen LogP contribution in [0.2, 0.25) is 0 Å². The van der Waals surface area contributed by atoms with Crippen molar-refractivity contribution in [2.24, 2.45) is 11.7 Å². The number of halogens is 1. The summed E-state index contributed by atoms with van der Waals surface area (Å²) >= 11 is 0. The van der Waals surface area contributed by atoms with Crippen LogP contribution in [0.5, 0.6) is 0 Å². The summed E-state index contributed by atoms with van der Waals surface area (Å²) in [6, 6.07) is 10.9. The molecule has 1 aromatic rings. The van der Waals surface area contributed by atoms with E-state index in [0.29, 0.717) is 12.0 Å². The molecule has 82 valence electrons. The van der Waals surface area contributed by atoms with Crippen molar-refractivity contribution in [1.29, 1.82) is 0 Å². The summed E-state index contributed by atoms with van der Waals surface area (Å²) in [4.78, 5) is 0. The summed E-state index contributed by atoms with van der Waals surface area (Å²) in [7, 11) is 0. The highest BCUT2D eigenvalue weighted by Gasteiger charge is 2.35. The van der Waals surface area contributed by atoms with Crippen LogP contribution >= 0.6 is 12.4 Å². The van der Waals surface area contributed by atoms with Gasteiger partial charge in [-0.15, -0.1) is 12.4 Å². The zero-order chi connectivity index (χ0) is 9.97. The smallest absolute Gasteiger partial charge is 0.0112 e. The number of nitrogens with two attached hydrogens (primary N) is 1. The standard InChI is InChI=1S/C13H17N.ClH/c1-2-11(12-9-13(12)14)8-10-6-4-3-5-7-10;/h3-8,12-13H,2,9,14H2,1H3;1H/t12-,13?;/m0./s1. The molecule has 1 fully saturated rings. The third-order valence-corrected chi connectivity index (χ3v) is 2.88. The SMILES string of the molecule is CCC(=Cc1ccccc1)[C@@H]1CC1N.Cl. The van der Waals surface area contributed by atoms with Gasteiger partial charge in [0, 0.05) is 6.04 Å². The van der Waals surface area contributed by atoms with E-state index in [0.717, 1.165) is 6.42 Å². The fraction of sp³-hybridized carbons (Fsp3) is 0.385. The average molecular weight is 224 g/mol. The van der Waals surface area contributed by atoms with Gasteiger partial charge in [0.1, 0.15) is 0 Å². The molecule has 0 amide bonds. The first-order valence-corrected chi connectivity index (χ1v) is 5.32. The van der Waals surface area contributed by atoms with E-state index in [1.165, 1.54) is 17.6 Å². The van der Waals surface area contributed by atoms with Gasteiger partial charge in [-0.3, -0.25) is 0 Å². The second-order valence-electron chi connectivity index (χ2n) is 3.99. The van der Waals surface area contributed by atoms with E-state index in [1.54, 1.807) is 0 Å². The lowest BCUT2D eigenvalue weighted by Crippen LogP contribution is -2.03. The Morgan fingerprint density at radius 3 is 2.47 bits per heavy atom. The van der Waals surface area contributed by atoms with Gasteiger partial charge in [0.2, 0.25) is 0 Å². The Labute approximate surface area is 97.8 Å². The van der Waals surface area contributed by atoms with Gasteiger partial charge in [-0.1, -0.05) is 48.9 Å². The lowest BCUT2D eigenvalue weighted by Gasteiger charge is -2.02. The van der Waals surface area contributed by atoms with E-state index in [9.17, 15) is 0 Å². The molecule has 1 aliphatic carbocycles. The summed E-state index contributed by atoms with van der Waals surface area (Å²) in [5.41, 5.74) is 8.65. The summed E-state index contributed by atoms with van der Waals surface area (Å²) in [6.45, 7) is 2.21. The molecule has 2 atom stereocenters. The molecule has 0 spiro atoms. The van der Waals surface area contributed by atoms with E-state index < -0.39 is 0 Å². The summed E-state index contributed by atoms with van der Waals surface area (Å²) in [6.07, 6.45) is 4.58. The molecule has 0 aliphatic heterocycles. The molecule has 0 aromatic heterocycles. The van der Waals surface area contributed by atoms with Gasteiger partial charge in [0.15, 0.2) is 0 Å². The van der Waals surface area contributed by atoms with Crippen LogP contribution in [0.3, 0.4) is 0 Å². The molecule has 1 saturated carbocycles. The van der Waals surface area contributed by atoms with Crippen molar-refractivity contribution in [3.05, 3.63) is 41.5 Å². The Balaban J connectivity index is 0.00000112. The van der Waals surface area contributed by atoms with E-state index in [2.05, 4.69) is 37.3 Å². The third kappa shape index (κ3) is 3.08. The number of rotatable bonds is 3. The molecule has 1 aromatic carbocycles. The van der Waals surface area contributed by atoms with Crippen molar-refractivity contribution in [2.75, 3.05) is 0 Å². The van der Waals surface area contributed by atoms with Crippen LogP contribution in [0.15, 0.2) is 35.9 Å². The topological polar surface area (TPSA) is 26.0 Å². The first kappa shape index (κ1) is 12.3. The van der Waals surface area contributed by atoms with E-state index in [1.807, 2.05) is 6.07 Å². The Hall–Kier alpha value is -0.790. The van der Waals surface area contributed by atoms with Crippen molar-refractivity contribution < 1.29 is 0 Å². The fourth-order valence-electron chi connectivity index (χ4n) is 1.88. The molecule has 2 rings (SSSR count). The summed E-state index contributed by atoms with van der Waals surface area (Å²) in [5, 5.41) is 0. The van der Waals surface area contributed by atoms with Crippen LogP contribution < -0.4 is 5.73 Å². The van der Waals surface area contributed by atoms with Gasteiger partial charge >= 0.3 is 0 Å². The van der Waals surface area contributed by atoms with Crippen LogP contribution in [0.25, 0.3) is 6.08 Å². The molecule has 1 unspecified atom stereocenters. The minimum atomic E-state index is 0. The molecule has 0 heterocycles. The van der Waals surface area contributed by atoms with E-state index >= 15 is 0 Å². The molecular formula is C13H18ClN. The van der Waals surface area contributed by atoms with Crippen LogP contribution in [-0.4, -0.2) is 6.04 Å². The highest BCUT2D eigenvalue weighted by molar-refractivity contribution is 5.85. The van der Waals surface area contributed by atoms with Gasteiger partial charge in [-0.2, -0.15) is 0 Å². The predicted molar refractivity (Wildman–Crippen MR) is 68.0 cm³/mol. The van der Waals surface area contributed by atoms with Crippen LogP contribution in [0, 0.1) is 5.92 Å². The maximum atomic E-state index is 5.86. The highest BCUT2D eigenvalue weighted by Crippen LogP contribution is 2.37. The monoisotopic (exact) mass is 223 g/mol. The van der Waals surface area contributed by atoms with Crippen molar-refractivity contribution >= 4 is 18.5 Å². The van der Waals surface area contributed by atoms with Gasteiger partial charge < -0.3 is 5.73 Å². The van der Waals surface area contributed by atoms with Gasteiger partial charge in [0.05, 0.1) is 0 Å². The molecule has 0 saturated heterocycles. The fourth-order valence-corrected chi connectivity index (χ4v) is 1.88. The minimum Gasteiger partial charge on any atom is -0.327 e. The maximum Gasteiger partial charge on any atom is 0.0112 e. The Morgan fingerprint density at radius 2 is 2.00 bits per heavy atom. The van der Waals surface area contributed by atoms with E-state index in [-0.39, 0.29) is 12.4 Å². The normalized spacial score (nSPS) is 24.5. The Morgan fingerprint density at radius 1 is 1.40 bits per heavy atom. The largest absolute Gasteiger partial charge is 0.327 e. The molecule has 1 aliphatic rings. The van der Waals surface area contributed by atoms with Crippen LogP contribution in [0.4, 0.5) is 0 Å². The molecule has 0 radical (unpaired) electrons. The molecule has 2 N–H and O–H groups in total. The third-order valence-electron chi connectivity index (χ3n) is 2.88. The first-order chi connectivity index (χ1) is 6.81. The van der Waals surface area contributed by atoms with Crippen LogP contribution in [-0.2, 0) is 0 Å². The Bertz CT molecular complexity index is 332.